The lowest BCUT2D eigenvalue weighted by Crippen LogP contribution is -2.13. The fourth-order valence-electron chi connectivity index (χ4n) is 3.09. The van der Waals surface area contributed by atoms with Gasteiger partial charge in [0.15, 0.2) is 0 Å². The van der Waals surface area contributed by atoms with Gasteiger partial charge < -0.3 is 11.1 Å². The number of halogens is 2. The molecule has 0 atom stereocenters. The van der Waals surface area contributed by atoms with E-state index < -0.39 is 5.91 Å². The van der Waals surface area contributed by atoms with E-state index in [9.17, 15) is 4.79 Å². The van der Waals surface area contributed by atoms with Crippen LogP contribution in [0.3, 0.4) is 0 Å². The van der Waals surface area contributed by atoms with Crippen molar-refractivity contribution in [1.29, 1.82) is 0 Å². The van der Waals surface area contributed by atoms with Crippen LogP contribution in [0.15, 0.2) is 48.8 Å². The number of carbonyl (C=O) groups is 1. The Morgan fingerprint density at radius 2 is 2.03 bits per heavy atom. The van der Waals surface area contributed by atoms with Crippen molar-refractivity contribution in [1.82, 2.24) is 19.4 Å². The minimum atomic E-state index is -0.394. The Bertz CT molecular complexity index is 1220. The van der Waals surface area contributed by atoms with E-state index in [1.54, 1.807) is 47.1 Å². The molecule has 0 aliphatic heterocycles. The zero-order valence-corrected chi connectivity index (χ0v) is 16.9. The van der Waals surface area contributed by atoms with Crippen molar-refractivity contribution in [3.8, 4) is 11.3 Å². The first-order valence-corrected chi connectivity index (χ1v) is 9.50. The van der Waals surface area contributed by atoms with Gasteiger partial charge in [0.25, 0.3) is 5.91 Å². The van der Waals surface area contributed by atoms with Crippen LogP contribution >= 0.6 is 23.2 Å². The molecule has 0 bridgehead atoms. The van der Waals surface area contributed by atoms with Gasteiger partial charge >= 0.3 is 0 Å². The fraction of sp³-hybridized carbons (Fsp3) is 0.100. The Balaban J connectivity index is 1.87. The highest BCUT2D eigenvalue weighted by molar-refractivity contribution is 6.36. The van der Waals surface area contributed by atoms with E-state index >= 15 is 0 Å². The zero-order valence-electron chi connectivity index (χ0n) is 15.4. The topological polar surface area (TPSA) is 98.2 Å². The Morgan fingerprint density at radius 3 is 2.72 bits per heavy atom. The van der Waals surface area contributed by atoms with Crippen molar-refractivity contribution in [3.63, 3.8) is 0 Å². The summed E-state index contributed by atoms with van der Waals surface area (Å²) in [5.41, 5.74) is 9.15. The van der Waals surface area contributed by atoms with Crippen LogP contribution in [0.4, 0.5) is 5.82 Å². The Morgan fingerprint density at radius 1 is 1.21 bits per heavy atom. The number of hydrogen-bond donors (Lipinski definition) is 2. The second-order valence-corrected chi connectivity index (χ2v) is 7.16. The van der Waals surface area contributed by atoms with Crippen LogP contribution in [0, 0.1) is 6.92 Å². The molecule has 0 unspecified atom stereocenters. The van der Waals surface area contributed by atoms with Crippen LogP contribution < -0.4 is 11.1 Å². The number of nitrogens with one attached hydrogen (secondary N) is 1. The summed E-state index contributed by atoms with van der Waals surface area (Å²) in [6.07, 6.45) is 3.21. The molecule has 0 saturated carbocycles. The highest BCUT2D eigenvalue weighted by Gasteiger charge is 2.20. The summed E-state index contributed by atoms with van der Waals surface area (Å²) in [6, 6.07) is 10.5. The molecule has 0 saturated heterocycles. The van der Waals surface area contributed by atoms with Crippen LogP contribution in [0.5, 0.6) is 0 Å². The van der Waals surface area contributed by atoms with E-state index in [4.69, 9.17) is 28.9 Å². The lowest BCUT2D eigenvalue weighted by atomic mass is 10.0. The number of nitrogens with zero attached hydrogens (tertiary/aromatic N) is 4. The van der Waals surface area contributed by atoms with Gasteiger partial charge in [-0.1, -0.05) is 29.3 Å². The number of pyridine rings is 1. The van der Waals surface area contributed by atoms with Crippen LogP contribution in [-0.4, -0.2) is 25.3 Å². The molecule has 7 nitrogen and oxygen atoms in total. The molecular formula is C20H16Cl2N6O. The highest BCUT2D eigenvalue weighted by Crippen LogP contribution is 2.34. The number of carbonyl (C=O) groups excluding carboxylic acids is 1. The van der Waals surface area contributed by atoms with E-state index in [0.717, 1.165) is 16.8 Å². The lowest BCUT2D eigenvalue weighted by Gasteiger charge is -2.14. The number of hydrogen-bond acceptors (Lipinski definition) is 5. The van der Waals surface area contributed by atoms with Crippen molar-refractivity contribution in [3.05, 3.63) is 75.8 Å². The van der Waals surface area contributed by atoms with Crippen LogP contribution in [0.2, 0.25) is 10.0 Å². The standard InChI is InChI=1S/C20H16Cl2N6O/c1-11-14(9-23)18(13-6-5-12(21)8-15(13)22)28-10-16(26-20(28)25-11)19(29)27-17-4-2-3-7-24-17/h2-8,10H,9,23H2,1H3,(H,24,27,29). The quantitative estimate of drug-likeness (QED) is 0.511. The second kappa shape index (κ2) is 7.79. The third-order valence-electron chi connectivity index (χ3n) is 4.45. The van der Waals surface area contributed by atoms with E-state index in [1.807, 2.05) is 13.0 Å². The number of anilines is 1. The van der Waals surface area contributed by atoms with Gasteiger partial charge in [-0.2, -0.15) is 0 Å². The Labute approximate surface area is 176 Å². The molecule has 4 rings (SSSR count). The summed E-state index contributed by atoms with van der Waals surface area (Å²) in [5.74, 6) is 0.406. The smallest absolute Gasteiger partial charge is 0.277 e. The maximum atomic E-state index is 12.7. The first-order chi connectivity index (χ1) is 14.0. The second-order valence-electron chi connectivity index (χ2n) is 6.32. The van der Waals surface area contributed by atoms with Crippen LogP contribution in [-0.2, 0) is 6.54 Å². The highest BCUT2D eigenvalue weighted by atomic mass is 35.5. The molecule has 3 aromatic heterocycles. The first-order valence-electron chi connectivity index (χ1n) is 8.74. The summed E-state index contributed by atoms with van der Waals surface area (Å²) < 4.78 is 1.72. The number of amides is 1. The number of benzene rings is 1. The van der Waals surface area contributed by atoms with E-state index in [1.165, 1.54) is 0 Å². The fourth-order valence-corrected chi connectivity index (χ4v) is 3.59. The number of fused-ring (bicyclic) bond motifs is 1. The molecule has 1 amide bonds. The molecule has 146 valence electrons. The van der Waals surface area contributed by atoms with E-state index in [2.05, 4.69) is 20.3 Å². The molecular weight excluding hydrogens is 411 g/mol. The van der Waals surface area contributed by atoms with Gasteiger partial charge in [0, 0.05) is 40.8 Å². The first kappa shape index (κ1) is 19.3. The van der Waals surface area contributed by atoms with Crippen LogP contribution in [0.1, 0.15) is 21.7 Å². The predicted molar refractivity (Wildman–Crippen MR) is 113 cm³/mol. The zero-order chi connectivity index (χ0) is 20.5. The van der Waals surface area contributed by atoms with Crippen molar-refractivity contribution < 1.29 is 4.79 Å². The average molecular weight is 427 g/mol. The summed E-state index contributed by atoms with van der Waals surface area (Å²) in [7, 11) is 0. The largest absolute Gasteiger partial charge is 0.326 e. The van der Waals surface area contributed by atoms with Gasteiger partial charge in [-0.05, 0) is 37.3 Å². The summed E-state index contributed by atoms with van der Waals surface area (Å²) in [6.45, 7) is 2.09. The van der Waals surface area contributed by atoms with Gasteiger partial charge in [0.05, 0.1) is 10.7 Å². The third kappa shape index (κ3) is 3.67. The number of aromatic nitrogens is 4. The van der Waals surface area contributed by atoms with E-state index in [0.29, 0.717) is 27.3 Å². The number of rotatable bonds is 4. The minimum absolute atomic E-state index is 0.197. The molecule has 0 spiro atoms. The van der Waals surface area contributed by atoms with E-state index in [-0.39, 0.29) is 12.2 Å². The van der Waals surface area contributed by atoms with Gasteiger partial charge in [-0.25, -0.2) is 15.0 Å². The molecule has 0 aliphatic rings. The maximum Gasteiger partial charge on any atom is 0.277 e. The number of nitrogens with two attached hydrogens (primary N) is 1. The molecule has 0 aliphatic carbocycles. The van der Waals surface area contributed by atoms with Crippen molar-refractivity contribution in [2.24, 2.45) is 5.73 Å². The van der Waals surface area contributed by atoms with Gasteiger partial charge in [0.1, 0.15) is 11.5 Å². The predicted octanol–water partition coefficient (Wildman–Crippen LogP) is 4.12. The Kier molecular flexibility index (Phi) is 5.19. The summed E-state index contributed by atoms with van der Waals surface area (Å²) in [5, 5.41) is 3.71. The third-order valence-corrected chi connectivity index (χ3v) is 5.00. The molecule has 4 aromatic rings. The normalized spacial score (nSPS) is 11.0. The molecule has 1 aromatic carbocycles. The number of aryl methyl sites for hydroxylation is 1. The molecule has 3 heterocycles. The molecule has 29 heavy (non-hydrogen) atoms. The van der Waals surface area contributed by atoms with Crippen molar-refractivity contribution in [2.75, 3.05) is 5.32 Å². The summed E-state index contributed by atoms with van der Waals surface area (Å²) >= 11 is 12.5. The SMILES string of the molecule is Cc1nc2nc(C(=O)Nc3ccccn3)cn2c(-c2ccc(Cl)cc2Cl)c1CN. The molecule has 0 fully saturated rings. The lowest BCUT2D eigenvalue weighted by molar-refractivity contribution is 0.102. The Hall–Kier alpha value is -3.00. The van der Waals surface area contributed by atoms with Gasteiger partial charge in [-0.15, -0.1) is 0 Å². The maximum absolute atomic E-state index is 12.7. The van der Waals surface area contributed by atoms with Gasteiger partial charge in [-0.3, -0.25) is 9.20 Å². The van der Waals surface area contributed by atoms with Crippen LogP contribution in [0.25, 0.3) is 17.0 Å². The molecule has 9 heteroatoms. The van der Waals surface area contributed by atoms with Crippen molar-refractivity contribution >= 4 is 40.7 Å². The van der Waals surface area contributed by atoms with Crippen molar-refractivity contribution in [2.45, 2.75) is 13.5 Å². The van der Waals surface area contributed by atoms with Gasteiger partial charge in [0.2, 0.25) is 5.78 Å². The average Bonchev–Trinajstić information content (AvgIpc) is 3.12. The monoisotopic (exact) mass is 426 g/mol. The summed E-state index contributed by atoms with van der Waals surface area (Å²) in [4.78, 5) is 25.6. The minimum Gasteiger partial charge on any atom is -0.326 e. The molecule has 0 radical (unpaired) electrons. The number of imidazole rings is 1. The molecule has 3 N–H and O–H groups in total.